The van der Waals surface area contributed by atoms with Crippen LogP contribution in [0.4, 0.5) is 5.69 Å². The van der Waals surface area contributed by atoms with Crippen LogP contribution < -0.4 is 20.5 Å². The molecule has 4 rings (SSSR count). The van der Waals surface area contributed by atoms with E-state index in [0.717, 1.165) is 42.0 Å². The SMILES string of the molecule is NC(=NCc1ccc2c(c1)OCCCO2)Nc1cccc2c1CCCC2. The minimum Gasteiger partial charge on any atom is -0.490 e. The van der Waals surface area contributed by atoms with Crippen LogP contribution in [0.5, 0.6) is 11.5 Å². The second kappa shape index (κ2) is 7.68. The Morgan fingerprint density at radius 3 is 2.77 bits per heavy atom. The molecule has 1 aliphatic heterocycles. The number of ether oxygens (including phenoxy) is 2. The molecule has 26 heavy (non-hydrogen) atoms. The van der Waals surface area contributed by atoms with Gasteiger partial charge in [-0.1, -0.05) is 18.2 Å². The van der Waals surface area contributed by atoms with E-state index in [0.29, 0.717) is 25.7 Å². The van der Waals surface area contributed by atoms with E-state index in [2.05, 4.69) is 28.5 Å². The Kier molecular flexibility index (Phi) is 4.95. The molecule has 3 N–H and O–H groups in total. The third kappa shape index (κ3) is 3.77. The number of nitrogens with two attached hydrogens (primary N) is 1. The van der Waals surface area contributed by atoms with Crippen molar-refractivity contribution in [1.82, 2.24) is 0 Å². The first-order chi connectivity index (χ1) is 12.8. The highest BCUT2D eigenvalue weighted by atomic mass is 16.5. The van der Waals surface area contributed by atoms with Gasteiger partial charge in [0.25, 0.3) is 0 Å². The van der Waals surface area contributed by atoms with Gasteiger partial charge in [0.2, 0.25) is 0 Å². The van der Waals surface area contributed by atoms with Crippen molar-refractivity contribution in [1.29, 1.82) is 0 Å². The van der Waals surface area contributed by atoms with Gasteiger partial charge in [-0.2, -0.15) is 0 Å². The van der Waals surface area contributed by atoms with Gasteiger partial charge in [0.05, 0.1) is 19.8 Å². The van der Waals surface area contributed by atoms with Crippen LogP contribution in [-0.2, 0) is 19.4 Å². The first kappa shape index (κ1) is 16.8. The standard InChI is InChI=1S/C21H25N3O2/c22-21(24-18-8-3-6-16-5-1-2-7-17(16)18)23-14-15-9-10-19-20(13-15)26-12-4-11-25-19/h3,6,8-10,13H,1-2,4-5,7,11-12,14H2,(H3,22,23,24). The summed E-state index contributed by atoms with van der Waals surface area (Å²) in [5.74, 6) is 2.03. The predicted octanol–water partition coefficient (Wildman–Crippen LogP) is 3.65. The van der Waals surface area contributed by atoms with Gasteiger partial charge in [-0.15, -0.1) is 0 Å². The number of rotatable bonds is 3. The largest absolute Gasteiger partial charge is 0.490 e. The predicted molar refractivity (Wildman–Crippen MR) is 104 cm³/mol. The van der Waals surface area contributed by atoms with E-state index in [1.165, 1.54) is 24.0 Å². The lowest BCUT2D eigenvalue weighted by Gasteiger charge is -2.19. The van der Waals surface area contributed by atoms with Crippen LogP contribution in [0.1, 0.15) is 36.0 Å². The van der Waals surface area contributed by atoms with E-state index >= 15 is 0 Å². The van der Waals surface area contributed by atoms with Crippen molar-refractivity contribution >= 4 is 11.6 Å². The lowest BCUT2D eigenvalue weighted by molar-refractivity contribution is 0.297. The van der Waals surface area contributed by atoms with Crippen molar-refractivity contribution in [3.8, 4) is 11.5 Å². The first-order valence-electron chi connectivity index (χ1n) is 9.36. The summed E-state index contributed by atoms with van der Waals surface area (Å²) >= 11 is 0. The van der Waals surface area contributed by atoms with Crippen molar-refractivity contribution in [2.24, 2.45) is 10.7 Å². The number of fused-ring (bicyclic) bond motifs is 2. The van der Waals surface area contributed by atoms with Crippen LogP contribution in [0.2, 0.25) is 0 Å². The van der Waals surface area contributed by atoms with Crippen LogP contribution in [0.15, 0.2) is 41.4 Å². The van der Waals surface area contributed by atoms with Gasteiger partial charge in [-0.3, -0.25) is 0 Å². The molecule has 0 amide bonds. The molecule has 0 fully saturated rings. The number of aliphatic imine (C=N–C) groups is 1. The molecular weight excluding hydrogens is 326 g/mol. The van der Waals surface area contributed by atoms with Crippen molar-refractivity contribution < 1.29 is 9.47 Å². The molecule has 0 saturated heterocycles. The summed E-state index contributed by atoms with van der Waals surface area (Å²) in [5, 5.41) is 3.28. The Morgan fingerprint density at radius 2 is 1.85 bits per heavy atom. The van der Waals surface area contributed by atoms with Gasteiger partial charge in [0.1, 0.15) is 0 Å². The van der Waals surface area contributed by atoms with E-state index in [9.17, 15) is 0 Å². The average Bonchev–Trinajstić information content (AvgIpc) is 2.91. The minimum atomic E-state index is 0.441. The summed E-state index contributed by atoms with van der Waals surface area (Å²) in [5.41, 5.74) is 11.1. The molecule has 0 bridgehead atoms. The molecule has 0 aromatic heterocycles. The summed E-state index contributed by atoms with van der Waals surface area (Å²) in [4.78, 5) is 4.50. The molecule has 0 atom stereocenters. The number of nitrogens with zero attached hydrogens (tertiary/aromatic N) is 1. The molecule has 0 saturated carbocycles. The fourth-order valence-corrected chi connectivity index (χ4v) is 3.56. The smallest absolute Gasteiger partial charge is 0.193 e. The zero-order chi connectivity index (χ0) is 17.8. The average molecular weight is 351 g/mol. The maximum Gasteiger partial charge on any atom is 0.193 e. The molecule has 5 nitrogen and oxygen atoms in total. The van der Waals surface area contributed by atoms with Gasteiger partial charge in [0, 0.05) is 12.1 Å². The zero-order valence-electron chi connectivity index (χ0n) is 15.0. The van der Waals surface area contributed by atoms with E-state index in [4.69, 9.17) is 15.2 Å². The Labute approximate surface area is 154 Å². The maximum absolute atomic E-state index is 6.13. The minimum absolute atomic E-state index is 0.441. The number of nitrogens with one attached hydrogen (secondary N) is 1. The highest BCUT2D eigenvalue weighted by Gasteiger charge is 2.13. The van der Waals surface area contributed by atoms with Crippen LogP contribution in [0.25, 0.3) is 0 Å². The van der Waals surface area contributed by atoms with Gasteiger partial charge >= 0.3 is 0 Å². The number of anilines is 1. The quantitative estimate of drug-likeness (QED) is 0.654. The Bertz CT molecular complexity index is 817. The molecule has 2 aromatic carbocycles. The van der Waals surface area contributed by atoms with Gasteiger partial charge in [-0.05, 0) is 60.6 Å². The Balaban J connectivity index is 1.45. The molecule has 0 unspecified atom stereocenters. The van der Waals surface area contributed by atoms with Crippen LogP contribution in [0, 0.1) is 0 Å². The lowest BCUT2D eigenvalue weighted by Crippen LogP contribution is -2.24. The first-order valence-corrected chi connectivity index (χ1v) is 9.36. The Hall–Kier alpha value is -2.69. The van der Waals surface area contributed by atoms with Gasteiger partial charge in [-0.25, -0.2) is 4.99 Å². The van der Waals surface area contributed by atoms with E-state index in [-0.39, 0.29) is 0 Å². The molecule has 0 radical (unpaired) electrons. The molecule has 2 aliphatic rings. The van der Waals surface area contributed by atoms with Crippen LogP contribution in [0.3, 0.4) is 0 Å². The second-order valence-corrected chi connectivity index (χ2v) is 6.81. The zero-order valence-corrected chi connectivity index (χ0v) is 15.0. The third-order valence-corrected chi connectivity index (χ3v) is 4.90. The molecule has 2 aromatic rings. The second-order valence-electron chi connectivity index (χ2n) is 6.81. The highest BCUT2D eigenvalue weighted by molar-refractivity contribution is 5.93. The summed E-state index contributed by atoms with van der Waals surface area (Å²) in [6.45, 7) is 1.88. The molecule has 1 heterocycles. The number of hydrogen-bond donors (Lipinski definition) is 2. The van der Waals surface area contributed by atoms with Crippen molar-refractivity contribution in [2.75, 3.05) is 18.5 Å². The van der Waals surface area contributed by atoms with Gasteiger partial charge in [0.15, 0.2) is 17.5 Å². The highest BCUT2D eigenvalue weighted by Crippen LogP contribution is 2.31. The third-order valence-electron chi connectivity index (χ3n) is 4.90. The summed E-state index contributed by atoms with van der Waals surface area (Å²) in [6.07, 6.45) is 5.66. The van der Waals surface area contributed by atoms with Crippen molar-refractivity contribution in [3.05, 3.63) is 53.1 Å². The number of benzene rings is 2. The molecule has 5 heteroatoms. The normalized spacial score (nSPS) is 16.5. The van der Waals surface area contributed by atoms with Crippen LogP contribution in [-0.4, -0.2) is 19.2 Å². The van der Waals surface area contributed by atoms with Crippen molar-refractivity contribution in [2.45, 2.75) is 38.6 Å². The summed E-state index contributed by atoms with van der Waals surface area (Å²) in [6, 6.07) is 12.3. The summed E-state index contributed by atoms with van der Waals surface area (Å²) in [7, 11) is 0. The Morgan fingerprint density at radius 1 is 1.00 bits per heavy atom. The molecule has 1 aliphatic carbocycles. The monoisotopic (exact) mass is 351 g/mol. The fraction of sp³-hybridized carbons (Fsp3) is 0.381. The number of hydrogen-bond acceptors (Lipinski definition) is 3. The topological polar surface area (TPSA) is 68.9 Å². The molecule has 136 valence electrons. The number of guanidine groups is 1. The fourth-order valence-electron chi connectivity index (χ4n) is 3.56. The molecule has 0 spiro atoms. The van der Waals surface area contributed by atoms with E-state index < -0.39 is 0 Å². The van der Waals surface area contributed by atoms with Crippen LogP contribution >= 0.6 is 0 Å². The van der Waals surface area contributed by atoms with E-state index in [1.54, 1.807) is 0 Å². The number of aryl methyl sites for hydroxylation is 1. The van der Waals surface area contributed by atoms with Gasteiger partial charge < -0.3 is 20.5 Å². The lowest BCUT2D eigenvalue weighted by atomic mass is 9.90. The molecular formula is C21H25N3O2. The van der Waals surface area contributed by atoms with E-state index in [1.807, 2.05) is 18.2 Å². The summed E-state index contributed by atoms with van der Waals surface area (Å²) < 4.78 is 11.4. The maximum atomic E-state index is 6.13. The van der Waals surface area contributed by atoms with Crippen molar-refractivity contribution in [3.63, 3.8) is 0 Å².